The molecule has 0 aromatic carbocycles. The maximum absolute atomic E-state index is 11.8. The fourth-order valence-corrected chi connectivity index (χ4v) is 1.31. The Hall–Kier alpha value is -0.730. The van der Waals surface area contributed by atoms with Crippen molar-refractivity contribution in [1.29, 1.82) is 0 Å². The van der Waals surface area contributed by atoms with Crippen molar-refractivity contribution in [3.8, 4) is 0 Å². The van der Waals surface area contributed by atoms with Crippen LogP contribution in [0.15, 0.2) is 0 Å². The molecule has 0 saturated heterocycles. The molecule has 90 valence electrons. The Kier molecular flexibility index (Phi) is 7.18. The molecule has 0 N–H and O–H groups in total. The van der Waals surface area contributed by atoms with E-state index in [4.69, 9.17) is 4.74 Å². The van der Waals surface area contributed by atoms with E-state index in [0.717, 1.165) is 25.8 Å². The maximum Gasteiger partial charge on any atom is 0.410 e. The van der Waals surface area contributed by atoms with Gasteiger partial charge in [-0.3, -0.25) is 0 Å². The van der Waals surface area contributed by atoms with Crippen LogP contribution in [0.2, 0.25) is 0 Å². The predicted molar refractivity (Wildman–Crippen MR) is 63.0 cm³/mol. The third-order valence-electron chi connectivity index (χ3n) is 2.45. The van der Waals surface area contributed by atoms with Crippen LogP contribution in [0, 0.1) is 0 Å². The molecule has 15 heavy (non-hydrogen) atoms. The maximum atomic E-state index is 11.8. The number of ether oxygens (including phenoxy) is 1. The minimum Gasteiger partial charge on any atom is -0.447 e. The van der Waals surface area contributed by atoms with Gasteiger partial charge < -0.3 is 9.64 Å². The van der Waals surface area contributed by atoms with Crippen molar-refractivity contribution < 1.29 is 9.53 Å². The van der Waals surface area contributed by atoms with E-state index in [2.05, 4.69) is 20.8 Å². The number of unbranched alkanes of at least 4 members (excludes halogenated alkanes) is 1. The Labute approximate surface area is 93.8 Å². The molecule has 1 amide bonds. The van der Waals surface area contributed by atoms with E-state index in [0.29, 0.717) is 0 Å². The third kappa shape index (κ3) is 5.65. The van der Waals surface area contributed by atoms with Crippen LogP contribution < -0.4 is 0 Å². The van der Waals surface area contributed by atoms with E-state index < -0.39 is 0 Å². The largest absolute Gasteiger partial charge is 0.447 e. The van der Waals surface area contributed by atoms with Crippen molar-refractivity contribution in [2.45, 2.75) is 66.0 Å². The molecule has 3 nitrogen and oxygen atoms in total. The molecule has 0 aromatic rings. The van der Waals surface area contributed by atoms with Crippen molar-refractivity contribution in [3.05, 3.63) is 0 Å². The average Bonchev–Trinajstić information content (AvgIpc) is 2.16. The van der Waals surface area contributed by atoms with Gasteiger partial charge in [0.05, 0.1) is 6.10 Å². The quantitative estimate of drug-likeness (QED) is 0.679. The first-order chi connectivity index (χ1) is 7.02. The number of amides is 1. The van der Waals surface area contributed by atoms with Crippen molar-refractivity contribution in [1.82, 2.24) is 4.90 Å². The number of carbonyl (C=O) groups is 1. The second-order valence-electron chi connectivity index (χ2n) is 4.24. The van der Waals surface area contributed by atoms with E-state index in [1.54, 1.807) is 0 Å². The van der Waals surface area contributed by atoms with Gasteiger partial charge in [-0.25, -0.2) is 4.79 Å². The topological polar surface area (TPSA) is 29.5 Å². The molecule has 0 aliphatic heterocycles. The van der Waals surface area contributed by atoms with Crippen molar-refractivity contribution in [2.75, 3.05) is 6.54 Å². The van der Waals surface area contributed by atoms with Gasteiger partial charge in [0, 0.05) is 12.6 Å². The Bertz CT molecular complexity index is 180. The van der Waals surface area contributed by atoms with E-state index in [1.165, 1.54) is 0 Å². The number of rotatable bonds is 6. The first-order valence-corrected chi connectivity index (χ1v) is 6.00. The van der Waals surface area contributed by atoms with Crippen LogP contribution in [-0.4, -0.2) is 29.7 Å². The summed E-state index contributed by atoms with van der Waals surface area (Å²) >= 11 is 0. The smallest absolute Gasteiger partial charge is 0.410 e. The van der Waals surface area contributed by atoms with E-state index >= 15 is 0 Å². The number of hydrogen-bond acceptors (Lipinski definition) is 2. The zero-order valence-corrected chi connectivity index (χ0v) is 10.7. The highest BCUT2D eigenvalue weighted by Crippen LogP contribution is 2.09. The van der Waals surface area contributed by atoms with Crippen LogP contribution in [-0.2, 0) is 4.74 Å². The van der Waals surface area contributed by atoms with E-state index in [1.807, 2.05) is 18.7 Å². The van der Waals surface area contributed by atoms with Gasteiger partial charge in [0.15, 0.2) is 0 Å². The summed E-state index contributed by atoms with van der Waals surface area (Å²) in [6.07, 6.45) is 2.90. The standard InChI is InChI=1S/C12H25NO2/c1-6-8-9-13(11(5)7-2)12(14)15-10(3)4/h10-11H,6-9H2,1-5H3. The number of carbonyl (C=O) groups excluding carboxylic acids is 1. The van der Waals surface area contributed by atoms with Crippen molar-refractivity contribution >= 4 is 6.09 Å². The van der Waals surface area contributed by atoms with Gasteiger partial charge in [-0.1, -0.05) is 20.3 Å². The fraction of sp³-hybridized carbons (Fsp3) is 0.917. The van der Waals surface area contributed by atoms with Crippen LogP contribution >= 0.6 is 0 Å². The van der Waals surface area contributed by atoms with Gasteiger partial charge in [-0.2, -0.15) is 0 Å². The first-order valence-electron chi connectivity index (χ1n) is 6.00. The SMILES string of the molecule is CCCCN(C(=O)OC(C)C)C(C)CC. The highest BCUT2D eigenvalue weighted by Gasteiger charge is 2.20. The summed E-state index contributed by atoms with van der Waals surface area (Å²) in [5.41, 5.74) is 0. The third-order valence-corrected chi connectivity index (χ3v) is 2.45. The Morgan fingerprint density at radius 2 is 1.87 bits per heavy atom. The molecule has 0 heterocycles. The van der Waals surface area contributed by atoms with Gasteiger partial charge in [0.2, 0.25) is 0 Å². The van der Waals surface area contributed by atoms with Crippen LogP contribution in [0.1, 0.15) is 53.9 Å². The Morgan fingerprint density at radius 1 is 1.27 bits per heavy atom. The molecule has 3 heteroatoms. The molecule has 0 aromatic heterocycles. The summed E-state index contributed by atoms with van der Waals surface area (Å²) in [6.45, 7) is 10.8. The average molecular weight is 215 g/mol. The fourth-order valence-electron chi connectivity index (χ4n) is 1.31. The van der Waals surface area contributed by atoms with Gasteiger partial charge in [-0.05, 0) is 33.6 Å². The van der Waals surface area contributed by atoms with Crippen LogP contribution in [0.4, 0.5) is 4.79 Å². The van der Waals surface area contributed by atoms with Gasteiger partial charge in [0.1, 0.15) is 0 Å². The summed E-state index contributed by atoms with van der Waals surface area (Å²) in [5.74, 6) is 0. The lowest BCUT2D eigenvalue weighted by Gasteiger charge is -2.28. The zero-order valence-electron chi connectivity index (χ0n) is 10.7. The molecule has 0 fully saturated rings. The van der Waals surface area contributed by atoms with Crippen LogP contribution in [0.25, 0.3) is 0 Å². The minimum atomic E-state index is -0.173. The van der Waals surface area contributed by atoms with Gasteiger partial charge in [0.25, 0.3) is 0 Å². The van der Waals surface area contributed by atoms with Crippen molar-refractivity contribution in [3.63, 3.8) is 0 Å². The lowest BCUT2D eigenvalue weighted by Crippen LogP contribution is -2.40. The van der Waals surface area contributed by atoms with Crippen molar-refractivity contribution in [2.24, 2.45) is 0 Å². The molecular weight excluding hydrogens is 190 g/mol. The monoisotopic (exact) mass is 215 g/mol. The summed E-state index contributed by atoms with van der Waals surface area (Å²) in [7, 11) is 0. The molecule has 0 rings (SSSR count). The highest BCUT2D eigenvalue weighted by atomic mass is 16.6. The molecule has 0 aliphatic rings. The lowest BCUT2D eigenvalue weighted by atomic mass is 10.2. The summed E-state index contributed by atoms with van der Waals surface area (Å²) in [5, 5.41) is 0. The Morgan fingerprint density at radius 3 is 2.27 bits per heavy atom. The van der Waals surface area contributed by atoms with E-state index in [-0.39, 0.29) is 18.2 Å². The zero-order chi connectivity index (χ0) is 11.8. The Balaban J connectivity index is 4.26. The molecule has 0 spiro atoms. The summed E-state index contributed by atoms with van der Waals surface area (Å²) in [6, 6.07) is 0.266. The highest BCUT2D eigenvalue weighted by molar-refractivity contribution is 5.68. The van der Waals surface area contributed by atoms with Gasteiger partial charge >= 0.3 is 6.09 Å². The van der Waals surface area contributed by atoms with Crippen LogP contribution in [0.3, 0.4) is 0 Å². The van der Waals surface area contributed by atoms with E-state index in [9.17, 15) is 4.79 Å². The lowest BCUT2D eigenvalue weighted by molar-refractivity contribution is 0.0644. The molecule has 0 bridgehead atoms. The molecule has 0 aliphatic carbocycles. The molecular formula is C12H25NO2. The second kappa shape index (κ2) is 7.55. The predicted octanol–water partition coefficient (Wildman–Crippen LogP) is 3.43. The first kappa shape index (κ1) is 14.3. The minimum absolute atomic E-state index is 0.0364. The number of nitrogens with zero attached hydrogens (tertiary/aromatic N) is 1. The molecule has 1 unspecified atom stereocenters. The van der Waals surface area contributed by atoms with Gasteiger partial charge in [-0.15, -0.1) is 0 Å². The normalized spacial score (nSPS) is 12.7. The second-order valence-corrected chi connectivity index (χ2v) is 4.24. The molecule has 0 saturated carbocycles. The van der Waals surface area contributed by atoms with Crippen LogP contribution in [0.5, 0.6) is 0 Å². The molecule has 0 radical (unpaired) electrons. The summed E-state index contributed by atoms with van der Waals surface area (Å²) < 4.78 is 5.22. The summed E-state index contributed by atoms with van der Waals surface area (Å²) in [4.78, 5) is 13.6. The number of hydrogen-bond donors (Lipinski definition) is 0. The molecule has 1 atom stereocenters.